The van der Waals surface area contributed by atoms with Crippen molar-refractivity contribution in [1.29, 1.82) is 0 Å². The summed E-state index contributed by atoms with van der Waals surface area (Å²) in [5, 5.41) is 3.30. The average molecular weight is 177 g/mol. The first-order chi connectivity index (χ1) is 6.34. The summed E-state index contributed by atoms with van der Waals surface area (Å²) >= 11 is 0. The maximum atomic E-state index is 5.63. The van der Waals surface area contributed by atoms with Crippen LogP contribution in [0.3, 0.4) is 0 Å². The van der Waals surface area contributed by atoms with Crippen molar-refractivity contribution in [2.24, 2.45) is 5.92 Å². The molecule has 0 saturated heterocycles. The predicted octanol–water partition coefficient (Wildman–Crippen LogP) is 1.88. The van der Waals surface area contributed by atoms with E-state index in [4.69, 9.17) is 5.73 Å². The zero-order valence-electron chi connectivity index (χ0n) is 7.66. The van der Waals surface area contributed by atoms with Crippen LogP contribution in [0.4, 0.5) is 11.5 Å². The standard InChI is InChI=1S/C10H15N3/c11-9-4-5-12-10(6-9)13-7-8-2-1-3-8/h4-6,8H,1-3,7H2,(H3,11,12,13). The molecule has 3 heteroatoms. The van der Waals surface area contributed by atoms with Crippen molar-refractivity contribution in [2.75, 3.05) is 17.6 Å². The summed E-state index contributed by atoms with van der Waals surface area (Å²) in [6.45, 7) is 1.04. The summed E-state index contributed by atoms with van der Waals surface area (Å²) in [5.41, 5.74) is 6.40. The molecule has 2 rings (SSSR count). The largest absolute Gasteiger partial charge is 0.399 e. The molecule has 3 nitrogen and oxygen atoms in total. The van der Waals surface area contributed by atoms with Gasteiger partial charge in [-0.15, -0.1) is 0 Å². The fraction of sp³-hybridized carbons (Fsp3) is 0.500. The monoisotopic (exact) mass is 177 g/mol. The number of nitrogens with zero attached hydrogens (tertiary/aromatic N) is 1. The number of pyridine rings is 1. The molecule has 1 aliphatic rings. The Labute approximate surface area is 78.4 Å². The lowest BCUT2D eigenvalue weighted by Gasteiger charge is -2.25. The van der Waals surface area contributed by atoms with E-state index < -0.39 is 0 Å². The van der Waals surface area contributed by atoms with Gasteiger partial charge in [0.2, 0.25) is 0 Å². The van der Waals surface area contributed by atoms with Crippen molar-refractivity contribution in [2.45, 2.75) is 19.3 Å². The molecule has 0 aliphatic heterocycles. The van der Waals surface area contributed by atoms with E-state index in [1.54, 1.807) is 12.3 Å². The van der Waals surface area contributed by atoms with E-state index in [1.165, 1.54) is 19.3 Å². The molecule has 1 aliphatic carbocycles. The minimum Gasteiger partial charge on any atom is -0.399 e. The second-order valence-corrected chi connectivity index (χ2v) is 3.65. The first-order valence-electron chi connectivity index (χ1n) is 4.80. The van der Waals surface area contributed by atoms with Crippen LogP contribution < -0.4 is 11.1 Å². The number of aromatic nitrogens is 1. The normalized spacial score (nSPS) is 16.6. The Balaban J connectivity index is 1.86. The van der Waals surface area contributed by atoms with Crippen LogP contribution in [0.25, 0.3) is 0 Å². The van der Waals surface area contributed by atoms with Gasteiger partial charge in [-0.05, 0) is 24.8 Å². The number of rotatable bonds is 3. The van der Waals surface area contributed by atoms with Gasteiger partial charge in [0.15, 0.2) is 0 Å². The van der Waals surface area contributed by atoms with E-state index in [9.17, 15) is 0 Å². The molecule has 1 fully saturated rings. The smallest absolute Gasteiger partial charge is 0.127 e. The molecule has 13 heavy (non-hydrogen) atoms. The molecule has 1 heterocycles. The van der Waals surface area contributed by atoms with Gasteiger partial charge in [0.05, 0.1) is 0 Å². The number of nitrogen functional groups attached to an aromatic ring is 1. The highest BCUT2D eigenvalue weighted by Gasteiger charge is 2.16. The molecule has 1 aromatic rings. The number of nitrogens with two attached hydrogens (primary N) is 1. The van der Waals surface area contributed by atoms with Crippen LogP contribution in [0, 0.1) is 5.92 Å². The van der Waals surface area contributed by atoms with E-state index in [0.717, 1.165) is 24.0 Å². The summed E-state index contributed by atoms with van der Waals surface area (Å²) in [7, 11) is 0. The van der Waals surface area contributed by atoms with E-state index in [1.807, 2.05) is 6.07 Å². The van der Waals surface area contributed by atoms with Crippen LogP contribution in [-0.2, 0) is 0 Å². The summed E-state index contributed by atoms with van der Waals surface area (Å²) in [5.74, 6) is 1.75. The summed E-state index contributed by atoms with van der Waals surface area (Å²) in [6.07, 6.45) is 5.83. The topological polar surface area (TPSA) is 50.9 Å². The van der Waals surface area contributed by atoms with Crippen molar-refractivity contribution in [1.82, 2.24) is 4.98 Å². The Hall–Kier alpha value is -1.25. The quantitative estimate of drug-likeness (QED) is 0.741. The van der Waals surface area contributed by atoms with Crippen molar-refractivity contribution < 1.29 is 0 Å². The van der Waals surface area contributed by atoms with Gasteiger partial charge in [-0.1, -0.05) is 6.42 Å². The van der Waals surface area contributed by atoms with Gasteiger partial charge in [0.25, 0.3) is 0 Å². The Kier molecular flexibility index (Phi) is 2.34. The maximum absolute atomic E-state index is 5.63. The number of anilines is 2. The number of hydrogen-bond donors (Lipinski definition) is 2. The van der Waals surface area contributed by atoms with Crippen LogP contribution in [0.1, 0.15) is 19.3 Å². The van der Waals surface area contributed by atoms with Gasteiger partial charge in [0.1, 0.15) is 5.82 Å². The zero-order valence-corrected chi connectivity index (χ0v) is 7.66. The van der Waals surface area contributed by atoms with Crippen LogP contribution in [0.15, 0.2) is 18.3 Å². The highest BCUT2D eigenvalue weighted by Crippen LogP contribution is 2.26. The van der Waals surface area contributed by atoms with Crippen molar-refractivity contribution in [3.8, 4) is 0 Å². The fourth-order valence-corrected chi connectivity index (χ4v) is 1.49. The Morgan fingerprint density at radius 1 is 1.54 bits per heavy atom. The van der Waals surface area contributed by atoms with Gasteiger partial charge in [-0.3, -0.25) is 0 Å². The lowest BCUT2D eigenvalue weighted by molar-refractivity contribution is 0.333. The molecule has 1 aromatic heterocycles. The molecule has 1 saturated carbocycles. The number of nitrogens with one attached hydrogen (secondary N) is 1. The van der Waals surface area contributed by atoms with Crippen LogP contribution in [0.2, 0.25) is 0 Å². The second kappa shape index (κ2) is 3.64. The zero-order chi connectivity index (χ0) is 9.10. The third-order valence-electron chi connectivity index (χ3n) is 2.58. The average Bonchev–Trinajstić information content (AvgIpc) is 2.01. The van der Waals surface area contributed by atoms with E-state index in [-0.39, 0.29) is 0 Å². The highest BCUT2D eigenvalue weighted by molar-refractivity contribution is 5.48. The molecule has 70 valence electrons. The van der Waals surface area contributed by atoms with Crippen molar-refractivity contribution in [3.63, 3.8) is 0 Å². The van der Waals surface area contributed by atoms with Gasteiger partial charge in [-0.2, -0.15) is 0 Å². The van der Waals surface area contributed by atoms with Crippen LogP contribution in [-0.4, -0.2) is 11.5 Å². The summed E-state index contributed by atoms with van der Waals surface area (Å²) in [4.78, 5) is 4.18. The van der Waals surface area contributed by atoms with Crippen molar-refractivity contribution >= 4 is 11.5 Å². The van der Waals surface area contributed by atoms with Crippen LogP contribution >= 0.6 is 0 Å². The molecule has 3 N–H and O–H groups in total. The Morgan fingerprint density at radius 2 is 2.38 bits per heavy atom. The third kappa shape index (κ3) is 2.11. The minimum absolute atomic E-state index is 0.770. The van der Waals surface area contributed by atoms with Gasteiger partial charge in [0, 0.05) is 24.5 Å². The molecule has 0 unspecified atom stereocenters. The van der Waals surface area contributed by atoms with Gasteiger partial charge in [-0.25, -0.2) is 4.98 Å². The number of hydrogen-bond acceptors (Lipinski definition) is 3. The molecular weight excluding hydrogens is 162 g/mol. The molecular formula is C10H15N3. The third-order valence-corrected chi connectivity index (χ3v) is 2.58. The molecule has 0 bridgehead atoms. The molecule has 0 spiro atoms. The molecule has 0 atom stereocenters. The highest BCUT2D eigenvalue weighted by atomic mass is 15.0. The van der Waals surface area contributed by atoms with Crippen molar-refractivity contribution in [3.05, 3.63) is 18.3 Å². The first-order valence-corrected chi connectivity index (χ1v) is 4.80. The Morgan fingerprint density at radius 3 is 3.00 bits per heavy atom. The summed E-state index contributed by atoms with van der Waals surface area (Å²) in [6, 6.07) is 3.67. The molecule has 0 amide bonds. The summed E-state index contributed by atoms with van der Waals surface area (Å²) < 4.78 is 0. The fourth-order valence-electron chi connectivity index (χ4n) is 1.49. The predicted molar refractivity (Wildman–Crippen MR) is 54.5 cm³/mol. The lowest BCUT2D eigenvalue weighted by atomic mass is 9.85. The van der Waals surface area contributed by atoms with E-state index >= 15 is 0 Å². The van der Waals surface area contributed by atoms with E-state index in [0.29, 0.717) is 0 Å². The lowest BCUT2D eigenvalue weighted by Crippen LogP contribution is -2.21. The van der Waals surface area contributed by atoms with Gasteiger partial charge >= 0.3 is 0 Å². The Bertz CT molecular complexity index is 281. The second-order valence-electron chi connectivity index (χ2n) is 3.65. The van der Waals surface area contributed by atoms with Gasteiger partial charge < -0.3 is 11.1 Å². The van der Waals surface area contributed by atoms with Crippen LogP contribution in [0.5, 0.6) is 0 Å². The molecule has 0 aromatic carbocycles. The van der Waals surface area contributed by atoms with E-state index in [2.05, 4.69) is 10.3 Å². The molecule has 0 radical (unpaired) electrons. The SMILES string of the molecule is Nc1ccnc(NCC2CCC2)c1. The first kappa shape index (κ1) is 8.35. The minimum atomic E-state index is 0.770. The maximum Gasteiger partial charge on any atom is 0.127 e.